The molecule has 3 N–H and O–H groups in total. The van der Waals surface area contributed by atoms with Crippen LogP contribution in [0, 0.1) is 5.41 Å². The third kappa shape index (κ3) is 2.01. The molecule has 0 amide bonds. The molecule has 4 nitrogen and oxygen atoms in total. The number of piperidine rings is 1. The van der Waals surface area contributed by atoms with E-state index in [1.54, 1.807) is 0 Å². The third-order valence-corrected chi connectivity index (χ3v) is 4.73. The fraction of sp³-hybridized carbons (Fsp3) is 0.769. The number of rotatable bonds is 1. The molecule has 94 valence electrons. The molecule has 1 spiro atoms. The van der Waals surface area contributed by atoms with Crippen LogP contribution in [0.4, 0.5) is 11.5 Å². The van der Waals surface area contributed by atoms with Crippen molar-refractivity contribution in [3.8, 4) is 0 Å². The number of aromatic nitrogens is 2. The quantitative estimate of drug-likeness (QED) is 0.785. The second-order valence-electron chi connectivity index (χ2n) is 5.72. The Morgan fingerprint density at radius 1 is 1.12 bits per heavy atom. The van der Waals surface area contributed by atoms with Crippen LogP contribution >= 0.6 is 0 Å². The topological polar surface area (TPSA) is 57.9 Å². The number of H-pyrrole nitrogens is 1. The fourth-order valence-electron chi connectivity index (χ4n) is 3.57. The zero-order chi connectivity index (χ0) is 11.7. The first-order valence-electron chi connectivity index (χ1n) is 6.83. The standard InChI is InChI=1S/C13H22N4/c14-12-11(10-15-16-12)17-8-6-13(7-9-17)4-2-1-3-5-13/h10H,1-9H2,(H3,14,15,16). The van der Waals surface area contributed by atoms with Crippen LogP contribution in [0.3, 0.4) is 0 Å². The van der Waals surface area contributed by atoms with Crippen LogP contribution in [-0.4, -0.2) is 23.3 Å². The number of nitrogens with two attached hydrogens (primary N) is 1. The van der Waals surface area contributed by atoms with Gasteiger partial charge in [0.2, 0.25) is 0 Å². The molecule has 17 heavy (non-hydrogen) atoms. The first-order chi connectivity index (χ1) is 8.29. The Labute approximate surface area is 103 Å². The molecule has 0 atom stereocenters. The molecule has 1 saturated heterocycles. The SMILES string of the molecule is Nc1[nH]ncc1N1CCC2(CCCCC2)CC1. The van der Waals surface area contributed by atoms with Crippen molar-refractivity contribution < 1.29 is 0 Å². The van der Waals surface area contributed by atoms with Crippen LogP contribution in [0.25, 0.3) is 0 Å². The van der Waals surface area contributed by atoms with Crippen LogP contribution in [0.15, 0.2) is 6.20 Å². The van der Waals surface area contributed by atoms with Gasteiger partial charge in [0.25, 0.3) is 0 Å². The Balaban J connectivity index is 1.66. The third-order valence-electron chi connectivity index (χ3n) is 4.73. The lowest BCUT2D eigenvalue weighted by Crippen LogP contribution is -2.41. The summed E-state index contributed by atoms with van der Waals surface area (Å²) >= 11 is 0. The van der Waals surface area contributed by atoms with Gasteiger partial charge in [-0.3, -0.25) is 5.10 Å². The van der Waals surface area contributed by atoms with Gasteiger partial charge in [-0.2, -0.15) is 5.10 Å². The number of nitrogens with one attached hydrogen (secondary N) is 1. The zero-order valence-corrected chi connectivity index (χ0v) is 10.4. The molecule has 1 aromatic rings. The molecule has 4 heteroatoms. The number of hydrogen-bond acceptors (Lipinski definition) is 3. The first kappa shape index (κ1) is 10.9. The molecule has 1 aliphatic heterocycles. The van der Waals surface area contributed by atoms with Crippen LogP contribution < -0.4 is 10.6 Å². The average Bonchev–Trinajstić information content (AvgIpc) is 2.78. The molecular weight excluding hydrogens is 212 g/mol. The maximum Gasteiger partial charge on any atom is 0.142 e. The van der Waals surface area contributed by atoms with Crippen molar-refractivity contribution in [2.24, 2.45) is 5.41 Å². The molecule has 0 aromatic carbocycles. The minimum Gasteiger partial charge on any atom is -0.382 e. The van der Waals surface area contributed by atoms with E-state index in [-0.39, 0.29) is 0 Å². The fourth-order valence-corrected chi connectivity index (χ4v) is 3.57. The van der Waals surface area contributed by atoms with Gasteiger partial charge in [-0.15, -0.1) is 0 Å². The van der Waals surface area contributed by atoms with Crippen LogP contribution in [-0.2, 0) is 0 Å². The largest absolute Gasteiger partial charge is 0.382 e. The van der Waals surface area contributed by atoms with Gasteiger partial charge < -0.3 is 10.6 Å². The normalized spacial score (nSPS) is 24.1. The predicted molar refractivity (Wildman–Crippen MR) is 70.0 cm³/mol. The van der Waals surface area contributed by atoms with Crippen LogP contribution in [0.2, 0.25) is 0 Å². The van der Waals surface area contributed by atoms with Crippen molar-refractivity contribution in [2.45, 2.75) is 44.9 Å². The maximum absolute atomic E-state index is 5.88. The summed E-state index contributed by atoms with van der Waals surface area (Å²) < 4.78 is 0. The molecule has 3 rings (SSSR count). The smallest absolute Gasteiger partial charge is 0.142 e. The van der Waals surface area contributed by atoms with E-state index in [0.717, 1.165) is 18.8 Å². The monoisotopic (exact) mass is 234 g/mol. The summed E-state index contributed by atoms with van der Waals surface area (Å²) in [5, 5.41) is 6.83. The van der Waals surface area contributed by atoms with Gasteiger partial charge in [-0.25, -0.2) is 0 Å². The lowest BCUT2D eigenvalue weighted by atomic mass is 9.68. The highest BCUT2D eigenvalue weighted by molar-refractivity contribution is 5.62. The van der Waals surface area contributed by atoms with E-state index in [9.17, 15) is 0 Å². The first-order valence-corrected chi connectivity index (χ1v) is 6.83. The Bertz CT molecular complexity index is 369. The van der Waals surface area contributed by atoms with Crippen LogP contribution in [0.5, 0.6) is 0 Å². The number of nitrogen functional groups attached to an aromatic ring is 1. The van der Waals surface area contributed by atoms with Gasteiger partial charge in [-0.05, 0) is 31.1 Å². The van der Waals surface area contributed by atoms with E-state index in [1.807, 2.05) is 6.20 Å². The summed E-state index contributed by atoms with van der Waals surface area (Å²) in [5.41, 5.74) is 7.63. The van der Waals surface area contributed by atoms with Gasteiger partial charge in [0.05, 0.1) is 11.9 Å². The summed E-state index contributed by atoms with van der Waals surface area (Å²) in [6.07, 6.45) is 11.7. The van der Waals surface area contributed by atoms with Crippen molar-refractivity contribution in [1.29, 1.82) is 0 Å². The molecule has 1 aliphatic carbocycles. The van der Waals surface area contributed by atoms with Crippen molar-refractivity contribution in [1.82, 2.24) is 10.2 Å². The second kappa shape index (κ2) is 4.24. The summed E-state index contributed by atoms with van der Waals surface area (Å²) in [5.74, 6) is 0.713. The van der Waals surface area contributed by atoms with Crippen molar-refractivity contribution in [2.75, 3.05) is 23.7 Å². The highest BCUT2D eigenvalue weighted by atomic mass is 15.2. The predicted octanol–water partition coefficient (Wildman–Crippen LogP) is 2.54. The van der Waals surface area contributed by atoms with Gasteiger partial charge >= 0.3 is 0 Å². The summed E-state index contributed by atoms with van der Waals surface area (Å²) in [6, 6.07) is 0. The molecule has 1 aromatic heterocycles. The minimum atomic E-state index is 0.660. The van der Waals surface area contributed by atoms with E-state index < -0.39 is 0 Å². The zero-order valence-electron chi connectivity index (χ0n) is 10.4. The van der Waals surface area contributed by atoms with Gasteiger partial charge in [0, 0.05) is 13.1 Å². The molecule has 2 heterocycles. The van der Waals surface area contributed by atoms with Gasteiger partial charge in [0.1, 0.15) is 5.82 Å². The Morgan fingerprint density at radius 2 is 1.82 bits per heavy atom. The summed E-state index contributed by atoms with van der Waals surface area (Å²) in [6.45, 7) is 2.29. The molecule has 0 bridgehead atoms. The Hall–Kier alpha value is -1.19. The van der Waals surface area contributed by atoms with Gasteiger partial charge in [0.15, 0.2) is 0 Å². The number of nitrogens with zero attached hydrogens (tertiary/aromatic N) is 2. The van der Waals surface area contributed by atoms with E-state index in [4.69, 9.17) is 5.73 Å². The average molecular weight is 234 g/mol. The second-order valence-corrected chi connectivity index (χ2v) is 5.72. The molecule has 2 aliphatic rings. The van der Waals surface area contributed by atoms with E-state index in [0.29, 0.717) is 11.2 Å². The number of hydrogen-bond donors (Lipinski definition) is 2. The van der Waals surface area contributed by atoms with Crippen molar-refractivity contribution in [3.63, 3.8) is 0 Å². The highest BCUT2D eigenvalue weighted by Crippen LogP contribution is 2.45. The van der Waals surface area contributed by atoms with E-state index in [2.05, 4.69) is 15.1 Å². The molecular formula is C13H22N4. The highest BCUT2D eigenvalue weighted by Gasteiger charge is 2.35. The Kier molecular flexibility index (Phi) is 2.73. The summed E-state index contributed by atoms with van der Waals surface area (Å²) in [4.78, 5) is 2.39. The van der Waals surface area contributed by atoms with Crippen LogP contribution in [0.1, 0.15) is 44.9 Å². The Morgan fingerprint density at radius 3 is 2.41 bits per heavy atom. The van der Waals surface area contributed by atoms with Crippen molar-refractivity contribution >= 4 is 11.5 Å². The molecule has 0 radical (unpaired) electrons. The molecule has 0 unspecified atom stereocenters. The minimum absolute atomic E-state index is 0.660. The van der Waals surface area contributed by atoms with E-state index in [1.165, 1.54) is 44.9 Å². The van der Waals surface area contributed by atoms with E-state index >= 15 is 0 Å². The van der Waals surface area contributed by atoms with Crippen molar-refractivity contribution in [3.05, 3.63) is 6.20 Å². The van der Waals surface area contributed by atoms with Gasteiger partial charge in [-0.1, -0.05) is 19.3 Å². The maximum atomic E-state index is 5.88. The summed E-state index contributed by atoms with van der Waals surface area (Å²) in [7, 11) is 0. The molecule has 1 saturated carbocycles. The number of aromatic amines is 1. The lowest BCUT2D eigenvalue weighted by molar-refractivity contribution is 0.144. The molecule has 2 fully saturated rings. The number of anilines is 2. The lowest BCUT2D eigenvalue weighted by Gasteiger charge is -2.44.